The van der Waals surface area contributed by atoms with Gasteiger partial charge in [-0.2, -0.15) is 5.10 Å². The van der Waals surface area contributed by atoms with Crippen LogP contribution in [0.1, 0.15) is 47.8 Å². The van der Waals surface area contributed by atoms with Crippen LogP contribution >= 0.6 is 0 Å². The number of carbonyl (C=O) groups excluding carboxylic acids is 1. The van der Waals surface area contributed by atoms with Gasteiger partial charge in [-0.1, -0.05) is 0 Å². The number of esters is 1. The summed E-state index contributed by atoms with van der Waals surface area (Å²) < 4.78 is 11.4. The van der Waals surface area contributed by atoms with Crippen molar-refractivity contribution >= 4 is 5.97 Å². The number of allylic oxidation sites excluding steroid dienone is 1. The third-order valence-electron chi connectivity index (χ3n) is 3.62. The van der Waals surface area contributed by atoms with E-state index in [0.717, 1.165) is 31.4 Å². The summed E-state index contributed by atoms with van der Waals surface area (Å²) in [5.74, 6) is 0.0793. The van der Waals surface area contributed by atoms with Gasteiger partial charge in [0, 0.05) is 13.0 Å². The molecule has 0 atom stereocenters. The van der Waals surface area contributed by atoms with Crippen molar-refractivity contribution < 1.29 is 14.3 Å². The molecule has 0 radical (unpaired) electrons. The van der Waals surface area contributed by atoms with E-state index in [1.807, 2.05) is 12.3 Å². The second-order valence-electron chi connectivity index (χ2n) is 4.86. The van der Waals surface area contributed by atoms with Crippen molar-refractivity contribution in [2.75, 3.05) is 14.2 Å². The number of hydrogen-bond acceptors (Lipinski definition) is 4. The fourth-order valence-corrected chi connectivity index (χ4v) is 2.55. The predicted molar refractivity (Wildman–Crippen MR) is 70.8 cm³/mol. The zero-order valence-electron chi connectivity index (χ0n) is 11.7. The number of carbonyl (C=O) groups is 1. The largest absolute Gasteiger partial charge is 0.504 e. The van der Waals surface area contributed by atoms with Crippen LogP contribution < -0.4 is 0 Å². The van der Waals surface area contributed by atoms with Crippen molar-refractivity contribution in [3.05, 3.63) is 29.3 Å². The summed E-state index contributed by atoms with van der Waals surface area (Å²) in [6, 6.07) is 1.85. The molecule has 0 aliphatic heterocycles. The van der Waals surface area contributed by atoms with Gasteiger partial charge in [0.05, 0.1) is 26.2 Å². The Morgan fingerprint density at radius 3 is 2.68 bits per heavy atom. The molecule has 0 spiro atoms. The van der Waals surface area contributed by atoms with Crippen molar-refractivity contribution in [3.63, 3.8) is 0 Å². The smallest absolute Gasteiger partial charge is 0.356 e. The summed E-state index contributed by atoms with van der Waals surface area (Å²) >= 11 is 0. The maximum absolute atomic E-state index is 11.6. The van der Waals surface area contributed by atoms with Crippen LogP contribution in [0, 0.1) is 0 Å². The van der Waals surface area contributed by atoms with Gasteiger partial charge in [0.25, 0.3) is 0 Å². The van der Waals surface area contributed by atoms with Crippen LogP contribution in [0.15, 0.2) is 17.9 Å². The number of nitrogens with zero attached hydrogens (tertiary/aromatic N) is 2. The summed E-state index contributed by atoms with van der Waals surface area (Å²) in [5, 5.41) is 4.44. The van der Waals surface area contributed by atoms with E-state index >= 15 is 0 Å². The van der Waals surface area contributed by atoms with Gasteiger partial charge in [-0.3, -0.25) is 4.68 Å². The van der Waals surface area contributed by atoms with E-state index in [-0.39, 0.29) is 5.97 Å². The maximum Gasteiger partial charge on any atom is 0.356 e. The van der Waals surface area contributed by atoms with Crippen LogP contribution in [0.2, 0.25) is 0 Å². The van der Waals surface area contributed by atoms with Gasteiger partial charge < -0.3 is 9.47 Å². The molecule has 5 nitrogen and oxygen atoms in total. The number of aromatic nitrogens is 2. The van der Waals surface area contributed by atoms with Crippen LogP contribution in [-0.4, -0.2) is 30.0 Å². The minimum atomic E-state index is -0.336. The van der Waals surface area contributed by atoms with Crippen LogP contribution in [0.25, 0.3) is 0 Å². The van der Waals surface area contributed by atoms with Crippen molar-refractivity contribution in [2.45, 2.75) is 31.6 Å². The van der Waals surface area contributed by atoms with Gasteiger partial charge in [-0.25, -0.2) is 4.79 Å². The molecule has 1 heterocycles. The molecule has 1 saturated carbocycles. The molecule has 1 aromatic rings. The van der Waals surface area contributed by atoms with E-state index < -0.39 is 0 Å². The molecule has 0 unspecified atom stereocenters. The van der Waals surface area contributed by atoms with Gasteiger partial charge >= 0.3 is 5.97 Å². The van der Waals surface area contributed by atoms with Crippen molar-refractivity contribution in [1.29, 1.82) is 0 Å². The SMILES string of the molecule is COC=C1CCC(c2cc(C(=O)OC)n(C)n2)CC1. The topological polar surface area (TPSA) is 53.4 Å². The minimum Gasteiger partial charge on any atom is -0.504 e. The monoisotopic (exact) mass is 264 g/mol. The lowest BCUT2D eigenvalue weighted by Crippen LogP contribution is -2.08. The highest BCUT2D eigenvalue weighted by Gasteiger charge is 2.23. The first kappa shape index (κ1) is 13.6. The molecular formula is C14H20N2O3. The summed E-state index contributed by atoms with van der Waals surface area (Å²) in [6.07, 6.45) is 6.00. The highest BCUT2D eigenvalue weighted by Crippen LogP contribution is 2.35. The quantitative estimate of drug-likeness (QED) is 0.621. The molecule has 0 aromatic carbocycles. The fraction of sp³-hybridized carbons (Fsp3) is 0.571. The van der Waals surface area contributed by atoms with Crippen molar-refractivity contribution in [1.82, 2.24) is 9.78 Å². The molecule has 0 N–H and O–H groups in total. The number of rotatable bonds is 3. The van der Waals surface area contributed by atoms with E-state index in [1.54, 1.807) is 18.8 Å². The Bertz CT molecular complexity index is 481. The lowest BCUT2D eigenvalue weighted by atomic mass is 9.84. The first-order valence-electron chi connectivity index (χ1n) is 6.48. The number of hydrogen-bond donors (Lipinski definition) is 0. The standard InChI is InChI=1S/C14H20N2O3/c1-16-13(14(17)19-3)8-12(15-16)11-6-4-10(5-7-11)9-18-2/h8-9,11H,4-7H2,1-3H3. The molecule has 104 valence electrons. The van der Waals surface area contributed by atoms with Gasteiger partial charge in [0.15, 0.2) is 0 Å². The molecule has 5 heteroatoms. The summed E-state index contributed by atoms with van der Waals surface area (Å²) in [4.78, 5) is 11.6. The third-order valence-corrected chi connectivity index (χ3v) is 3.62. The number of aryl methyl sites for hydroxylation is 1. The Morgan fingerprint density at radius 1 is 1.42 bits per heavy atom. The van der Waals surface area contributed by atoms with Crippen LogP contribution in [-0.2, 0) is 16.5 Å². The molecule has 1 aliphatic rings. The Kier molecular flexibility index (Phi) is 4.24. The van der Waals surface area contributed by atoms with E-state index in [4.69, 9.17) is 9.47 Å². The van der Waals surface area contributed by atoms with E-state index in [1.165, 1.54) is 12.7 Å². The minimum absolute atomic E-state index is 0.336. The van der Waals surface area contributed by atoms with E-state index in [2.05, 4.69) is 5.10 Å². The van der Waals surface area contributed by atoms with Gasteiger partial charge in [0.2, 0.25) is 0 Å². The molecular weight excluding hydrogens is 244 g/mol. The van der Waals surface area contributed by atoms with Crippen LogP contribution in [0.5, 0.6) is 0 Å². The highest BCUT2D eigenvalue weighted by atomic mass is 16.5. The lowest BCUT2D eigenvalue weighted by Gasteiger charge is -2.21. The Morgan fingerprint density at radius 2 is 2.11 bits per heavy atom. The van der Waals surface area contributed by atoms with E-state index in [0.29, 0.717) is 11.6 Å². The Labute approximate surface area is 113 Å². The second kappa shape index (κ2) is 5.91. The fourth-order valence-electron chi connectivity index (χ4n) is 2.55. The molecule has 1 aliphatic carbocycles. The van der Waals surface area contributed by atoms with Crippen molar-refractivity contribution in [2.24, 2.45) is 7.05 Å². The van der Waals surface area contributed by atoms with E-state index in [9.17, 15) is 4.79 Å². The number of methoxy groups -OCH3 is 2. The molecule has 0 saturated heterocycles. The average molecular weight is 264 g/mol. The second-order valence-corrected chi connectivity index (χ2v) is 4.86. The first-order chi connectivity index (χ1) is 9.15. The molecule has 19 heavy (non-hydrogen) atoms. The zero-order valence-corrected chi connectivity index (χ0v) is 11.7. The van der Waals surface area contributed by atoms with Crippen LogP contribution in [0.4, 0.5) is 0 Å². The maximum atomic E-state index is 11.6. The molecule has 2 rings (SSSR count). The van der Waals surface area contributed by atoms with Gasteiger partial charge in [-0.05, 0) is 37.3 Å². The highest BCUT2D eigenvalue weighted by molar-refractivity contribution is 5.87. The zero-order chi connectivity index (χ0) is 13.8. The molecule has 1 fully saturated rings. The predicted octanol–water partition coefficient (Wildman–Crippen LogP) is 2.39. The average Bonchev–Trinajstić information content (AvgIpc) is 2.81. The normalized spacial score (nSPS) is 19.1. The summed E-state index contributed by atoms with van der Waals surface area (Å²) in [6.45, 7) is 0. The molecule has 0 bridgehead atoms. The lowest BCUT2D eigenvalue weighted by molar-refractivity contribution is 0.0588. The molecule has 0 amide bonds. The molecule has 1 aromatic heterocycles. The van der Waals surface area contributed by atoms with Gasteiger partial charge in [-0.15, -0.1) is 0 Å². The van der Waals surface area contributed by atoms with Gasteiger partial charge in [0.1, 0.15) is 5.69 Å². The first-order valence-corrected chi connectivity index (χ1v) is 6.48. The Balaban J connectivity index is 2.08. The summed E-state index contributed by atoms with van der Waals surface area (Å²) in [7, 11) is 4.84. The van der Waals surface area contributed by atoms with Crippen LogP contribution in [0.3, 0.4) is 0 Å². The third kappa shape index (κ3) is 2.97. The summed E-state index contributed by atoms with van der Waals surface area (Å²) in [5.41, 5.74) is 2.85. The Hall–Kier alpha value is -1.78. The van der Waals surface area contributed by atoms with Crippen molar-refractivity contribution in [3.8, 4) is 0 Å². The number of ether oxygens (including phenoxy) is 2.